The van der Waals surface area contributed by atoms with E-state index in [-0.39, 0.29) is 11.5 Å². The zero-order chi connectivity index (χ0) is 17.1. The minimum atomic E-state index is -0.588. The molecule has 0 aliphatic carbocycles. The summed E-state index contributed by atoms with van der Waals surface area (Å²) in [5, 5.41) is 0. The molecule has 0 aliphatic rings. The number of pyridine rings is 1. The third kappa shape index (κ3) is 3.22. The number of carbonyl (C=O) groups is 1. The second-order valence-corrected chi connectivity index (χ2v) is 5.33. The van der Waals surface area contributed by atoms with Gasteiger partial charge in [0.1, 0.15) is 11.5 Å². The largest absolute Gasteiger partial charge is 0.364 e. The Morgan fingerprint density at radius 3 is 2.38 bits per heavy atom. The molecular formula is C20H15FN2O. The first-order chi connectivity index (χ1) is 11.6. The fourth-order valence-electron chi connectivity index (χ4n) is 2.44. The van der Waals surface area contributed by atoms with Crippen LogP contribution in [-0.4, -0.2) is 10.9 Å². The molecule has 1 heterocycles. The van der Waals surface area contributed by atoms with Gasteiger partial charge in [-0.05, 0) is 47.0 Å². The number of benzene rings is 2. The van der Waals surface area contributed by atoms with Crippen molar-refractivity contribution in [2.45, 2.75) is 0 Å². The molecule has 0 aliphatic heterocycles. The number of aromatic nitrogens is 1. The van der Waals surface area contributed by atoms with Crippen molar-refractivity contribution in [1.29, 1.82) is 0 Å². The van der Waals surface area contributed by atoms with Crippen LogP contribution in [0.2, 0.25) is 0 Å². The fraction of sp³-hybridized carbons (Fsp3) is 0. The second kappa shape index (κ2) is 6.46. The zero-order valence-corrected chi connectivity index (χ0v) is 12.9. The van der Waals surface area contributed by atoms with E-state index in [1.807, 2.05) is 30.3 Å². The number of hydrogen-bond donors (Lipinski definition) is 1. The molecule has 4 heteroatoms. The lowest BCUT2D eigenvalue weighted by Gasteiger charge is -2.08. The highest BCUT2D eigenvalue weighted by molar-refractivity contribution is 5.92. The van der Waals surface area contributed by atoms with Crippen molar-refractivity contribution < 1.29 is 9.18 Å². The molecule has 3 aromatic rings. The van der Waals surface area contributed by atoms with Crippen LogP contribution in [-0.2, 0) is 0 Å². The SMILES string of the molecule is C=Cc1cc(C(N)=O)nc(-c2cccc(-c3ccc(F)cc3)c2)c1. The maximum absolute atomic E-state index is 13.1. The Labute approximate surface area is 139 Å². The zero-order valence-electron chi connectivity index (χ0n) is 12.9. The number of amides is 1. The lowest BCUT2D eigenvalue weighted by Crippen LogP contribution is -2.13. The van der Waals surface area contributed by atoms with Gasteiger partial charge in [0.05, 0.1) is 5.69 Å². The molecule has 0 radical (unpaired) electrons. The average molecular weight is 318 g/mol. The van der Waals surface area contributed by atoms with Gasteiger partial charge in [-0.3, -0.25) is 4.79 Å². The molecule has 0 spiro atoms. The topological polar surface area (TPSA) is 56.0 Å². The van der Waals surface area contributed by atoms with Crippen LogP contribution in [0.3, 0.4) is 0 Å². The molecule has 0 saturated heterocycles. The molecule has 0 atom stereocenters. The summed E-state index contributed by atoms with van der Waals surface area (Å²) in [6, 6.07) is 17.4. The summed E-state index contributed by atoms with van der Waals surface area (Å²) in [5.41, 5.74) is 9.59. The van der Waals surface area contributed by atoms with E-state index in [2.05, 4.69) is 11.6 Å². The third-order valence-electron chi connectivity index (χ3n) is 3.67. The van der Waals surface area contributed by atoms with Crippen LogP contribution >= 0.6 is 0 Å². The number of carbonyl (C=O) groups excluding carboxylic acids is 1. The van der Waals surface area contributed by atoms with E-state index in [9.17, 15) is 9.18 Å². The standard InChI is InChI=1S/C20H15FN2O/c1-2-13-10-18(23-19(11-13)20(22)24)16-5-3-4-15(12-16)14-6-8-17(21)9-7-14/h2-12H,1H2,(H2,22,24). The summed E-state index contributed by atoms with van der Waals surface area (Å²) < 4.78 is 13.1. The van der Waals surface area contributed by atoms with Gasteiger partial charge in [0.25, 0.3) is 5.91 Å². The first kappa shape index (κ1) is 15.6. The van der Waals surface area contributed by atoms with Crippen molar-refractivity contribution >= 4 is 12.0 Å². The smallest absolute Gasteiger partial charge is 0.267 e. The van der Waals surface area contributed by atoms with Crippen molar-refractivity contribution in [2.75, 3.05) is 0 Å². The molecule has 2 aromatic carbocycles. The van der Waals surface area contributed by atoms with Crippen LogP contribution in [0.25, 0.3) is 28.5 Å². The number of halogens is 1. The normalized spacial score (nSPS) is 10.4. The second-order valence-electron chi connectivity index (χ2n) is 5.33. The fourth-order valence-corrected chi connectivity index (χ4v) is 2.44. The van der Waals surface area contributed by atoms with Crippen LogP contribution in [0.15, 0.2) is 67.2 Å². The first-order valence-corrected chi connectivity index (χ1v) is 7.37. The molecule has 118 valence electrons. The highest BCUT2D eigenvalue weighted by Crippen LogP contribution is 2.26. The Balaban J connectivity index is 2.08. The average Bonchev–Trinajstić information content (AvgIpc) is 2.62. The van der Waals surface area contributed by atoms with Crippen LogP contribution in [0.1, 0.15) is 16.1 Å². The summed E-state index contributed by atoms with van der Waals surface area (Å²) in [7, 11) is 0. The van der Waals surface area contributed by atoms with E-state index >= 15 is 0 Å². The van der Waals surface area contributed by atoms with Gasteiger partial charge in [-0.25, -0.2) is 9.37 Å². The van der Waals surface area contributed by atoms with E-state index in [0.717, 1.165) is 22.3 Å². The number of primary amides is 1. The van der Waals surface area contributed by atoms with Crippen molar-refractivity contribution in [1.82, 2.24) is 4.98 Å². The van der Waals surface area contributed by atoms with Crippen LogP contribution < -0.4 is 5.73 Å². The molecule has 0 saturated carbocycles. The molecule has 2 N–H and O–H groups in total. The van der Waals surface area contributed by atoms with Crippen molar-refractivity contribution in [3.05, 3.63) is 84.3 Å². The summed E-state index contributed by atoms with van der Waals surface area (Å²) >= 11 is 0. The summed E-state index contributed by atoms with van der Waals surface area (Å²) in [5.74, 6) is -0.865. The number of hydrogen-bond acceptors (Lipinski definition) is 2. The Bertz CT molecular complexity index is 917. The maximum atomic E-state index is 13.1. The summed E-state index contributed by atoms with van der Waals surface area (Å²) in [6.45, 7) is 3.72. The summed E-state index contributed by atoms with van der Waals surface area (Å²) in [4.78, 5) is 15.8. The molecular weight excluding hydrogens is 303 g/mol. The van der Waals surface area contributed by atoms with E-state index in [0.29, 0.717) is 5.69 Å². The lowest BCUT2D eigenvalue weighted by molar-refractivity contribution is 0.0995. The highest BCUT2D eigenvalue weighted by atomic mass is 19.1. The lowest BCUT2D eigenvalue weighted by atomic mass is 10.0. The Kier molecular flexibility index (Phi) is 4.20. The Morgan fingerprint density at radius 2 is 1.71 bits per heavy atom. The van der Waals surface area contributed by atoms with Gasteiger partial charge in [-0.1, -0.05) is 43.0 Å². The number of rotatable bonds is 4. The van der Waals surface area contributed by atoms with Gasteiger partial charge < -0.3 is 5.73 Å². The minimum Gasteiger partial charge on any atom is -0.364 e. The third-order valence-corrected chi connectivity index (χ3v) is 3.67. The quantitative estimate of drug-likeness (QED) is 0.780. The van der Waals surface area contributed by atoms with Crippen molar-refractivity contribution in [2.24, 2.45) is 5.73 Å². The Morgan fingerprint density at radius 1 is 1.00 bits per heavy atom. The summed E-state index contributed by atoms with van der Waals surface area (Å²) in [6.07, 6.45) is 1.64. The van der Waals surface area contributed by atoms with Crippen LogP contribution in [0.4, 0.5) is 4.39 Å². The van der Waals surface area contributed by atoms with Gasteiger partial charge >= 0.3 is 0 Å². The molecule has 1 amide bonds. The van der Waals surface area contributed by atoms with E-state index in [1.54, 1.807) is 24.3 Å². The number of nitrogens with two attached hydrogens (primary N) is 1. The molecule has 24 heavy (non-hydrogen) atoms. The van der Waals surface area contributed by atoms with Gasteiger partial charge in [-0.15, -0.1) is 0 Å². The van der Waals surface area contributed by atoms with Crippen molar-refractivity contribution in [3.63, 3.8) is 0 Å². The van der Waals surface area contributed by atoms with Gasteiger partial charge in [-0.2, -0.15) is 0 Å². The monoisotopic (exact) mass is 318 g/mol. The van der Waals surface area contributed by atoms with Gasteiger partial charge in [0.2, 0.25) is 0 Å². The van der Waals surface area contributed by atoms with E-state index in [4.69, 9.17) is 5.73 Å². The highest BCUT2D eigenvalue weighted by Gasteiger charge is 2.09. The molecule has 0 fully saturated rings. The molecule has 1 aromatic heterocycles. The first-order valence-electron chi connectivity index (χ1n) is 7.37. The van der Waals surface area contributed by atoms with E-state index < -0.39 is 5.91 Å². The predicted molar refractivity (Wildman–Crippen MR) is 93.7 cm³/mol. The van der Waals surface area contributed by atoms with Gasteiger partial charge in [0, 0.05) is 5.56 Å². The van der Waals surface area contributed by atoms with Gasteiger partial charge in [0.15, 0.2) is 0 Å². The number of nitrogens with zero attached hydrogens (tertiary/aromatic N) is 1. The van der Waals surface area contributed by atoms with Crippen LogP contribution in [0, 0.1) is 5.82 Å². The minimum absolute atomic E-state index is 0.189. The predicted octanol–water partition coefficient (Wildman–Crippen LogP) is 4.30. The van der Waals surface area contributed by atoms with Crippen LogP contribution in [0.5, 0.6) is 0 Å². The molecule has 3 rings (SSSR count). The molecule has 0 bridgehead atoms. The maximum Gasteiger partial charge on any atom is 0.267 e. The molecule has 3 nitrogen and oxygen atoms in total. The Hall–Kier alpha value is -3.27. The van der Waals surface area contributed by atoms with E-state index in [1.165, 1.54) is 12.1 Å². The molecule has 0 unspecified atom stereocenters. The van der Waals surface area contributed by atoms with Crippen molar-refractivity contribution in [3.8, 4) is 22.4 Å².